The van der Waals surface area contributed by atoms with Crippen LogP contribution in [0.3, 0.4) is 0 Å². The Bertz CT molecular complexity index is 739. The topological polar surface area (TPSA) is 62.8 Å². The van der Waals surface area contributed by atoms with E-state index in [2.05, 4.69) is 10.6 Å². The Morgan fingerprint density at radius 1 is 1.03 bits per heavy atom. The van der Waals surface area contributed by atoms with Gasteiger partial charge in [0.15, 0.2) is 11.5 Å². The second-order valence-corrected chi connectivity index (χ2v) is 6.63. The second-order valence-electron chi connectivity index (χ2n) is 6.22. The van der Waals surface area contributed by atoms with Crippen LogP contribution >= 0.6 is 36.4 Å². The number of aliphatic hydroxyl groups excluding tert-OH is 1. The molecule has 0 amide bonds. The van der Waals surface area contributed by atoms with E-state index in [0.717, 1.165) is 25.1 Å². The first-order valence-electron chi connectivity index (χ1n) is 9.49. The molecule has 0 bridgehead atoms. The van der Waals surface area contributed by atoms with E-state index in [9.17, 15) is 4.39 Å². The van der Waals surface area contributed by atoms with Crippen molar-refractivity contribution in [2.45, 2.75) is 26.5 Å². The van der Waals surface area contributed by atoms with Gasteiger partial charge in [0, 0.05) is 18.7 Å². The Kier molecular flexibility index (Phi) is 15.7. The zero-order chi connectivity index (χ0) is 20.2. The third-order valence-electron chi connectivity index (χ3n) is 4.02. The van der Waals surface area contributed by atoms with Gasteiger partial charge in [-0.15, -0.1) is 24.8 Å². The predicted molar refractivity (Wildman–Crippen MR) is 124 cm³/mol. The molecular formula is C21H30Cl3FN2O3. The summed E-state index contributed by atoms with van der Waals surface area (Å²) in [6.45, 7) is 5.53. The lowest BCUT2D eigenvalue weighted by molar-refractivity contribution is 0.266. The van der Waals surface area contributed by atoms with Gasteiger partial charge in [-0.3, -0.25) is 0 Å². The van der Waals surface area contributed by atoms with Gasteiger partial charge in [0.25, 0.3) is 0 Å². The van der Waals surface area contributed by atoms with Crippen LogP contribution in [0.15, 0.2) is 36.4 Å². The maximum atomic E-state index is 13.8. The molecule has 2 aromatic carbocycles. The Labute approximate surface area is 195 Å². The van der Waals surface area contributed by atoms with Crippen molar-refractivity contribution in [2.24, 2.45) is 0 Å². The van der Waals surface area contributed by atoms with Crippen LogP contribution < -0.4 is 20.1 Å². The smallest absolute Gasteiger partial charge is 0.180 e. The molecule has 30 heavy (non-hydrogen) atoms. The summed E-state index contributed by atoms with van der Waals surface area (Å²) in [4.78, 5) is 0. The number of hydrogen-bond donors (Lipinski definition) is 3. The van der Waals surface area contributed by atoms with E-state index in [0.29, 0.717) is 41.8 Å². The van der Waals surface area contributed by atoms with Crippen LogP contribution in [0.5, 0.6) is 11.5 Å². The van der Waals surface area contributed by atoms with Crippen LogP contribution in [0.25, 0.3) is 0 Å². The number of aliphatic hydroxyl groups is 1. The average Bonchev–Trinajstić information content (AvgIpc) is 2.68. The minimum atomic E-state index is -0.314. The summed E-state index contributed by atoms with van der Waals surface area (Å²) >= 11 is 6.41. The molecule has 0 fully saturated rings. The highest BCUT2D eigenvalue weighted by atomic mass is 35.5. The minimum absolute atomic E-state index is 0. The highest BCUT2D eigenvalue weighted by Gasteiger charge is 2.14. The van der Waals surface area contributed by atoms with Gasteiger partial charge in [-0.25, -0.2) is 4.39 Å². The summed E-state index contributed by atoms with van der Waals surface area (Å²) in [5, 5.41) is 15.6. The van der Waals surface area contributed by atoms with E-state index >= 15 is 0 Å². The maximum absolute atomic E-state index is 13.8. The fraction of sp³-hybridized carbons (Fsp3) is 0.429. The molecule has 0 aliphatic heterocycles. The molecule has 0 unspecified atom stereocenters. The van der Waals surface area contributed by atoms with E-state index in [1.165, 1.54) is 6.07 Å². The SMILES string of the molecule is CCOc1cc(CNCCCNCCO)cc(Cl)c1OCc1ccccc1F.Cl.Cl. The van der Waals surface area contributed by atoms with Gasteiger partial charge in [-0.05, 0) is 50.2 Å². The molecule has 0 aliphatic rings. The van der Waals surface area contributed by atoms with Crippen molar-refractivity contribution in [1.82, 2.24) is 10.6 Å². The van der Waals surface area contributed by atoms with Crippen molar-refractivity contribution in [2.75, 3.05) is 32.8 Å². The number of nitrogens with one attached hydrogen (secondary N) is 2. The molecule has 0 spiro atoms. The summed E-state index contributed by atoms with van der Waals surface area (Å²) in [7, 11) is 0. The number of rotatable bonds is 13. The van der Waals surface area contributed by atoms with Gasteiger partial charge >= 0.3 is 0 Å². The first-order valence-corrected chi connectivity index (χ1v) is 9.87. The average molecular weight is 484 g/mol. The quantitative estimate of drug-likeness (QED) is 0.370. The Morgan fingerprint density at radius 2 is 1.77 bits per heavy atom. The summed E-state index contributed by atoms with van der Waals surface area (Å²) < 4.78 is 25.3. The Morgan fingerprint density at radius 3 is 2.47 bits per heavy atom. The third-order valence-corrected chi connectivity index (χ3v) is 4.30. The lowest BCUT2D eigenvalue weighted by atomic mass is 10.2. The number of ether oxygens (including phenoxy) is 2. The van der Waals surface area contributed by atoms with Crippen LogP contribution in [0, 0.1) is 5.82 Å². The molecule has 5 nitrogen and oxygen atoms in total. The van der Waals surface area contributed by atoms with E-state index < -0.39 is 0 Å². The standard InChI is InChI=1S/C21H28ClFN2O3.2ClH/c1-2-27-20-13-16(14-25-9-5-8-24-10-11-26)12-18(22)21(20)28-15-17-6-3-4-7-19(17)23;;/h3-4,6-7,12-13,24-26H,2,5,8-11,14-15H2,1H3;2*1H. The molecule has 0 atom stereocenters. The van der Waals surface area contributed by atoms with Gasteiger partial charge in [0.2, 0.25) is 0 Å². The van der Waals surface area contributed by atoms with Crippen LogP contribution in [0.1, 0.15) is 24.5 Å². The van der Waals surface area contributed by atoms with Crippen LogP contribution in [0.4, 0.5) is 4.39 Å². The van der Waals surface area contributed by atoms with Crippen molar-refractivity contribution < 1.29 is 19.0 Å². The lowest BCUT2D eigenvalue weighted by Gasteiger charge is -2.16. The highest BCUT2D eigenvalue weighted by molar-refractivity contribution is 6.32. The second kappa shape index (κ2) is 16.4. The molecule has 0 saturated carbocycles. The maximum Gasteiger partial charge on any atom is 0.180 e. The van der Waals surface area contributed by atoms with E-state index in [1.807, 2.05) is 19.1 Å². The third kappa shape index (κ3) is 9.69. The largest absolute Gasteiger partial charge is 0.490 e. The fourth-order valence-electron chi connectivity index (χ4n) is 2.67. The molecule has 0 aromatic heterocycles. The first-order chi connectivity index (χ1) is 13.7. The van der Waals surface area contributed by atoms with Crippen LogP contribution in [-0.2, 0) is 13.2 Å². The molecule has 0 saturated heterocycles. The van der Waals surface area contributed by atoms with Crippen LogP contribution in [-0.4, -0.2) is 38.0 Å². The van der Waals surface area contributed by atoms with Crippen molar-refractivity contribution in [3.8, 4) is 11.5 Å². The fourth-order valence-corrected chi connectivity index (χ4v) is 2.95. The van der Waals surface area contributed by atoms with Gasteiger partial charge in [-0.1, -0.05) is 29.8 Å². The number of hydrogen-bond acceptors (Lipinski definition) is 5. The molecule has 2 rings (SSSR count). The highest BCUT2D eigenvalue weighted by Crippen LogP contribution is 2.37. The lowest BCUT2D eigenvalue weighted by Crippen LogP contribution is -2.23. The normalized spacial score (nSPS) is 10.1. The molecule has 0 aliphatic carbocycles. The molecule has 3 N–H and O–H groups in total. The monoisotopic (exact) mass is 482 g/mol. The molecule has 0 radical (unpaired) electrons. The van der Waals surface area contributed by atoms with Crippen molar-refractivity contribution in [1.29, 1.82) is 0 Å². The summed E-state index contributed by atoms with van der Waals surface area (Å²) in [5.74, 6) is 0.655. The zero-order valence-corrected chi connectivity index (χ0v) is 19.3. The van der Waals surface area contributed by atoms with E-state index in [4.69, 9.17) is 26.2 Å². The molecule has 2 aromatic rings. The minimum Gasteiger partial charge on any atom is -0.490 e. The zero-order valence-electron chi connectivity index (χ0n) is 17.0. The Hall–Kier alpha value is -1.28. The predicted octanol–water partition coefficient (Wildman–Crippen LogP) is 4.36. The number of benzene rings is 2. The summed E-state index contributed by atoms with van der Waals surface area (Å²) in [5.41, 5.74) is 1.44. The summed E-state index contributed by atoms with van der Waals surface area (Å²) in [6, 6.07) is 10.2. The molecule has 0 heterocycles. The van der Waals surface area contributed by atoms with Crippen molar-refractivity contribution in [3.63, 3.8) is 0 Å². The Balaban J connectivity index is 0.00000420. The van der Waals surface area contributed by atoms with Crippen molar-refractivity contribution in [3.05, 3.63) is 58.4 Å². The van der Waals surface area contributed by atoms with Crippen LogP contribution in [0.2, 0.25) is 5.02 Å². The van der Waals surface area contributed by atoms with Gasteiger partial charge in [0.05, 0.1) is 18.2 Å². The van der Waals surface area contributed by atoms with Gasteiger partial charge in [0.1, 0.15) is 12.4 Å². The van der Waals surface area contributed by atoms with Gasteiger partial charge in [-0.2, -0.15) is 0 Å². The van der Waals surface area contributed by atoms with Crippen molar-refractivity contribution >= 4 is 36.4 Å². The molecule has 170 valence electrons. The molecule has 9 heteroatoms. The first kappa shape index (κ1) is 28.7. The number of halogens is 4. The van der Waals surface area contributed by atoms with E-state index in [1.54, 1.807) is 18.2 Å². The molecular weight excluding hydrogens is 454 g/mol. The van der Waals surface area contributed by atoms with Gasteiger partial charge < -0.3 is 25.2 Å². The van der Waals surface area contributed by atoms with E-state index in [-0.39, 0.29) is 43.8 Å². The summed E-state index contributed by atoms with van der Waals surface area (Å²) in [6.07, 6.45) is 0.954.